The van der Waals surface area contributed by atoms with Crippen LogP contribution in [0.4, 0.5) is 17.3 Å². The van der Waals surface area contributed by atoms with Crippen LogP contribution in [0.3, 0.4) is 0 Å². The molecule has 9 heteroatoms. The van der Waals surface area contributed by atoms with E-state index in [1.165, 1.54) is 12.7 Å². The van der Waals surface area contributed by atoms with Crippen LogP contribution >= 0.6 is 0 Å². The number of fused-ring (bicyclic) bond motifs is 3. The zero-order valence-electron chi connectivity index (χ0n) is 21.5. The molecule has 0 saturated heterocycles. The molecule has 1 heterocycles. The number of nitrogens with one attached hydrogen (secondary N) is 1. The third kappa shape index (κ3) is 5.43. The fourth-order valence-corrected chi connectivity index (χ4v) is 5.10. The molecule has 4 nitrogen and oxygen atoms in total. The highest BCUT2D eigenvalue weighted by Gasteiger charge is 2.50. The minimum absolute atomic E-state index is 0.159. The van der Waals surface area contributed by atoms with E-state index in [1.54, 1.807) is 0 Å². The van der Waals surface area contributed by atoms with Gasteiger partial charge in [0.05, 0.1) is 18.2 Å². The average molecular weight is 525 g/mol. The van der Waals surface area contributed by atoms with E-state index in [0.29, 0.717) is 12.2 Å². The molecule has 3 aromatic rings. The Balaban J connectivity index is 0.000000617. The first-order valence-electron chi connectivity index (χ1n) is 12.2. The highest BCUT2D eigenvalue weighted by molar-refractivity contribution is 6.50. The van der Waals surface area contributed by atoms with E-state index in [-0.39, 0.29) is 17.6 Å². The quantitative estimate of drug-likeness (QED) is 0.223. The van der Waals surface area contributed by atoms with Gasteiger partial charge in [-0.15, -0.1) is 0 Å². The lowest BCUT2D eigenvalue weighted by atomic mass is 9.85. The van der Waals surface area contributed by atoms with E-state index in [1.807, 2.05) is 31.2 Å². The molecule has 1 unspecified atom stereocenters. The van der Waals surface area contributed by atoms with Gasteiger partial charge >= 0.3 is 13.2 Å². The van der Waals surface area contributed by atoms with Gasteiger partial charge < -0.3 is 26.7 Å². The van der Waals surface area contributed by atoms with Crippen LogP contribution in [0.1, 0.15) is 47.8 Å². The molecule has 0 amide bonds. The van der Waals surface area contributed by atoms with Gasteiger partial charge in [-0.05, 0) is 53.4 Å². The van der Waals surface area contributed by atoms with Gasteiger partial charge in [0.15, 0.2) is 11.6 Å². The number of carbonyl (C=O) groups excluding carboxylic acids is 1. The van der Waals surface area contributed by atoms with E-state index in [0.717, 1.165) is 39.1 Å². The molecule has 5 rings (SSSR count). The summed E-state index contributed by atoms with van der Waals surface area (Å²) in [5.74, 6) is -0.336. The number of halogens is 4. The summed E-state index contributed by atoms with van der Waals surface area (Å²) in [5, 5.41) is 0. The van der Waals surface area contributed by atoms with Crippen molar-refractivity contribution >= 4 is 24.5 Å². The second kappa shape index (κ2) is 10.6. The second-order valence-corrected chi connectivity index (χ2v) is 9.50. The Hall–Kier alpha value is -3.72. The molecule has 0 aromatic heterocycles. The van der Waals surface area contributed by atoms with Crippen LogP contribution in [0.25, 0.3) is 16.7 Å². The number of benzene rings is 3. The fourth-order valence-electron chi connectivity index (χ4n) is 5.10. The van der Waals surface area contributed by atoms with Gasteiger partial charge in [-0.25, -0.2) is 9.79 Å². The highest BCUT2D eigenvalue weighted by Crippen LogP contribution is 2.48. The smallest absolute Gasteiger partial charge is 0.465 e. The SMILES string of the molecule is CCOC1/C(=C2\c3ccccc3-c3ccc(C(=O)OC)cc32)C(c2ccccc2)=[NH+]C1(C)C.F[B-](F)(F)F. The van der Waals surface area contributed by atoms with Crippen LogP contribution in [-0.4, -0.2) is 44.3 Å². The van der Waals surface area contributed by atoms with Crippen LogP contribution in [0.2, 0.25) is 0 Å². The summed E-state index contributed by atoms with van der Waals surface area (Å²) >= 11 is 0. The average Bonchev–Trinajstić information content (AvgIpc) is 3.33. The van der Waals surface area contributed by atoms with E-state index >= 15 is 0 Å². The Labute approximate surface area is 219 Å². The zero-order valence-corrected chi connectivity index (χ0v) is 21.5. The van der Waals surface area contributed by atoms with Gasteiger partial charge in [0.2, 0.25) is 5.71 Å². The number of esters is 1. The van der Waals surface area contributed by atoms with Gasteiger partial charge in [0, 0.05) is 31.6 Å². The predicted octanol–water partition coefficient (Wildman–Crippen LogP) is 5.32. The minimum atomic E-state index is -6.00. The summed E-state index contributed by atoms with van der Waals surface area (Å²) in [6, 6.07) is 24.6. The summed E-state index contributed by atoms with van der Waals surface area (Å²) in [6.45, 7) is 6.99. The largest absolute Gasteiger partial charge is 0.673 e. The molecule has 0 bridgehead atoms. The number of carbonyl (C=O) groups is 1. The Morgan fingerprint density at radius 3 is 2.08 bits per heavy atom. The lowest BCUT2D eigenvalue weighted by molar-refractivity contribution is -0.545. The molecule has 0 saturated carbocycles. The Morgan fingerprint density at radius 2 is 1.47 bits per heavy atom. The summed E-state index contributed by atoms with van der Waals surface area (Å²) in [5.41, 5.74) is 9.14. The Bertz CT molecular complexity index is 1410. The van der Waals surface area contributed by atoms with E-state index in [9.17, 15) is 22.1 Å². The van der Waals surface area contributed by atoms with Crippen molar-refractivity contribution in [3.8, 4) is 11.1 Å². The summed E-state index contributed by atoms with van der Waals surface area (Å²) in [6.07, 6.45) is -0.159. The van der Waals surface area contributed by atoms with Gasteiger partial charge in [-0.1, -0.05) is 48.5 Å². The fraction of sp³-hybridized carbons (Fsp3) is 0.241. The summed E-state index contributed by atoms with van der Waals surface area (Å²) in [7, 11) is -4.58. The third-order valence-electron chi connectivity index (χ3n) is 6.50. The number of hydrogen-bond acceptors (Lipinski definition) is 3. The monoisotopic (exact) mass is 525 g/mol. The molecule has 38 heavy (non-hydrogen) atoms. The topological polar surface area (TPSA) is 49.5 Å². The van der Waals surface area contributed by atoms with Crippen LogP contribution < -0.4 is 4.99 Å². The molecule has 0 fully saturated rings. The van der Waals surface area contributed by atoms with Crippen molar-refractivity contribution in [2.75, 3.05) is 13.7 Å². The normalized spacial score (nSPS) is 19.2. The van der Waals surface area contributed by atoms with Crippen molar-refractivity contribution < 1.29 is 36.5 Å². The maximum Gasteiger partial charge on any atom is 0.673 e. The van der Waals surface area contributed by atoms with Crippen LogP contribution in [0, 0.1) is 0 Å². The number of hydrogen-bond donors (Lipinski definition) is 1. The Kier molecular flexibility index (Phi) is 7.60. The van der Waals surface area contributed by atoms with Crippen molar-refractivity contribution in [2.24, 2.45) is 0 Å². The number of ether oxygens (including phenoxy) is 2. The van der Waals surface area contributed by atoms with Crippen molar-refractivity contribution in [3.63, 3.8) is 0 Å². The lowest BCUT2D eigenvalue weighted by Gasteiger charge is -2.22. The van der Waals surface area contributed by atoms with Gasteiger partial charge in [0.1, 0.15) is 0 Å². The maximum absolute atomic E-state index is 12.4. The van der Waals surface area contributed by atoms with Crippen LogP contribution in [0.5, 0.6) is 0 Å². The standard InChI is InChI=1S/C29H27NO3.BF4/c1-5-33-27-25(26(30-29(27,2)3)18-11-7-6-8-12-18)24-22-14-10-9-13-20(22)21-16-15-19(17-23(21)24)28(31)32-4;2-1(3,4)5/h6-17,27H,5H2,1-4H3;/q;-1/p+1/b25-24+;. The van der Waals surface area contributed by atoms with Crippen molar-refractivity contribution in [3.05, 3.63) is 101 Å². The molecule has 0 radical (unpaired) electrons. The van der Waals surface area contributed by atoms with Crippen molar-refractivity contribution in [1.82, 2.24) is 0 Å². The lowest BCUT2D eigenvalue weighted by Crippen LogP contribution is -2.84. The van der Waals surface area contributed by atoms with Crippen molar-refractivity contribution in [2.45, 2.75) is 32.4 Å². The number of methoxy groups -OCH3 is 1. The van der Waals surface area contributed by atoms with E-state index in [2.05, 4.69) is 67.4 Å². The van der Waals surface area contributed by atoms with Crippen LogP contribution in [0.15, 0.2) is 78.4 Å². The van der Waals surface area contributed by atoms with Gasteiger partial charge in [-0.3, -0.25) is 0 Å². The molecule has 1 aliphatic carbocycles. The summed E-state index contributed by atoms with van der Waals surface area (Å²) < 4.78 is 50.4. The third-order valence-corrected chi connectivity index (χ3v) is 6.50. The first kappa shape index (κ1) is 27.3. The Morgan fingerprint density at radius 1 is 0.895 bits per heavy atom. The molecular formula is C29H28BF4NO3. The zero-order chi connectivity index (χ0) is 27.7. The molecule has 1 aliphatic heterocycles. The van der Waals surface area contributed by atoms with E-state index < -0.39 is 7.25 Å². The first-order valence-corrected chi connectivity index (χ1v) is 12.2. The van der Waals surface area contributed by atoms with Crippen LogP contribution in [-0.2, 0) is 9.47 Å². The molecular weight excluding hydrogens is 497 g/mol. The molecule has 2 aliphatic rings. The molecule has 198 valence electrons. The summed E-state index contributed by atoms with van der Waals surface area (Å²) in [4.78, 5) is 16.2. The van der Waals surface area contributed by atoms with Crippen molar-refractivity contribution in [1.29, 1.82) is 0 Å². The maximum atomic E-state index is 12.4. The minimum Gasteiger partial charge on any atom is -0.465 e. The van der Waals surface area contributed by atoms with E-state index in [4.69, 9.17) is 9.47 Å². The molecule has 3 aromatic carbocycles. The molecule has 1 atom stereocenters. The van der Waals surface area contributed by atoms with Gasteiger partial charge in [0.25, 0.3) is 0 Å². The van der Waals surface area contributed by atoms with Gasteiger partial charge in [-0.2, -0.15) is 0 Å². The predicted molar refractivity (Wildman–Crippen MR) is 140 cm³/mol. The highest BCUT2D eigenvalue weighted by atomic mass is 19.5. The molecule has 1 N–H and O–H groups in total. The number of rotatable bonds is 4. The first-order chi connectivity index (χ1) is 18.0. The molecule has 0 spiro atoms. The second-order valence-electron chi connectivity index (χ2n) is 9.50.